The lowest BCUT2D eigenvalue weighted by molar-refractivity contribution is 1.19. The predicted molar refractivity (Wildman–Crippen MR) is 176 cm³/mol. The topological polar surface area (TPSA) is 30.2 Å². The van der Waals surface area contributed by atoms with E-state index in [1.807, 2.05) is 6.07 Å². The van der Waals surface area contributed by atoms with E-state index in [1.165, 1.54) is 33.0 Å². The highest BCUT2D eigenvalue weighted by Crippen LogP contribution is 2.35. The predicted octanol–water partition coefficient (Wildman–Crippen LogP) is 10.0. The van der Waals surface area contributed by atoms with Gasteiger partial charge in [-0.25, -0.2) is 4.98 Å². The van der Waals surface area contributed by atoms with E-state index in [0.717, 1.165) is 44.6 Å². The quantitative estimate of drug-likeness (QED) is 0.209. The zero-order chi connectivity index (χ0) is 28.0. The average Bonchev–Trinajstić information content (AvgIpc) is 3.45. The molecule has 0 saturated carbocycles. The highest BCUT2D eigenvalue weighted by molar-refractivity contribution is 6.14. The van der Waals surface area contributed by atoms with Crippen LogP contribution < -0.4 is 0 Å². The Morgan fingerprint density at radius 2 is 1.24 bits per heavy atom. The van der Waals surface area contributed by atoms with Crippen molar-refractivity contribution >= 4 is 50.5 Å². The summed E-state index contributed by atoms with van der Waals surface area (Å²) in [5, 5.41) is 3.60. The summed E-state index contributed by atoms with van der Waals surface area (Å²) in [6.07, 6.45) is 4.26. The largest absolute Gasteiger partial charge is 0.292 e. The van der Waals surface area contributed by atoms with Crippen molar-refractivity contribution in [2.45, 2.75) is 6.92 Å². The second-order valence-electron chi connectivity index (χ2n) is 10.7. The van der Waals surface area contributed by atoms with Crippen molar-refractivity contribution in [3.8, 4) is 22.4 Å². The van der Waals surface area contributed by atoms with Crippen LogP contribution in [0.1, 0.15) is 16.8 Å². The molecule has 198 valence electrons. The van der Waals surface area contributed by atoms with Gasteiger partial charge in [-0.05, 0) is 71.0 Å². The van der Waals surface area contributed by atoms with Crippen molar-refractivity contribution in [1.29, 1.82) is 0 Å². The summed E-state index contributed by atoms with van der Waals surface area (Å²) in [5.41, 5.74) is 12.1. The van der Waals surface area contributed by atoms with Crippen molar-refractivity contribution in [1.82, 2.24) is 14.4 Å². The number of benzene rings is 5. The van der Waals surface area contributed by atoms with E-state index in [9.17, 15) is 0 Å². The number of aryl methyl sites for hydroxylation is 1. The molecule has 3 aromatic heterocycles. The standard InChI is InChI=1S/C39H27N3/c1-26-28(16-15-27-9-3-2-4-10-27)22-24-35(40-26)30-19-17-29(18-20-30)31-21-23-33-34(25-31)32-11-5-7-13-37(32)42-38-14-8-6-12-36(38)41-39(33)42/h2-25H,1H3/b16-15-. The maximum absolute atomic E-state index is 5.03. The van der Waals surface area contributed by atoms with Gasteiger partial charge in [-0.15, -0.1) is 0 Å². The SMILES string of the molecule is Cc1nc(-c2ccc(-c3ccc4c(c3)c3ccccc3n3c5ccccc5nc43)cc2)ccc1/C=C\c1ccccc1. The van der Waals surface area contributed by atoms with E-state index < -0.39 is 0 Å². The average molecular weight is 538 g/mol. The van der Waals surface area contributed by atoms with Crippen LogP contribution in [0.2, 0.25) is 0 Å². The van der Waals surface area contributed by atoms with E-state index >= 15 is 0 Å². The molecule has 5 aromatic carbocycles. The molecule has 8 rings (SSSR count). The normalized spacial score (nSPS) is 11.8. The lowest BCUT2D eigenvalue weighted by Gasteiger charge is -2.11. The molecule has 42 heavy (non-hydrogen) atoms. The highest BCUT2D eigenvalue weighted by atomic mass is 15.0. The van der Waals surface area contributed by atoms with Crippen molar-refractivity contribution in [3.63, 3.8) is 0 Å². The number of aromatic nitrogens is 3. The van der Waals surface area contributed by atoms with Crippen LogP contribution in [0.15, 0.2) is 133 Å². The number of rotatable bonds is 4. The van der Waals surface area contributed by atoms with Gasteiger partial charge in [0, 0.05) is 22.0 Å². The van der Waals surface area contributed by atoms with Gasteiger partial charge < -0.3 is 0 Å². The molecule has 0 unspecified atom stereocenters. The molecule has 0 amide bonds. The van der Waals surface area contributed by atoms with Crippen LogP contribution >= 0.6 is 0 Å². The molecule has 0 N–H and O–H groups in total. The molecule has 0 bridgehead atoms. The molecule has 3 heterocycles. The van der Waals surface area contributed by atoms with E-state index in [4.69, 9.17) is 9.97 Å². The molecular formula is C39H27N3. The van der Waals surface area contributed by atoms with Crippen LogP contribution in [-0.4, -0.2) is 14.4 Å². The summed E-state index contributed by atoms with van der Waals surface area (Å²) >= 11 is 0. The Labute approximate surface area is 244 Å². The van der Waals surface area contributed by atoms with E-state index in [0.29, 0.717) is 0 Å². The summed E-state index contributed by atoms with van der Waals surface area (Å²) in [4.78, 5) is 9.95. The fraction of sp³-hybridized carbons (Fsp3) is 0.0256. The zero-order valence-electron chi connectivity index (χ0n) is 23.2. The number of pyridine rings is 2. The zero-order valence-corrected chi connectivity index (χ0v) is 23.2. The minimum absolute atomic E-state index is 0.981. The lowest BCUT2D eigenvalue weighted by atomic mass is 9.98. The van der Waals surface area contributed by atoms with E-state index in [-0.39, 0.29) is 0 Å². The molecule has 0 aliphatic carbocycles. The molecule has 0 radical (unpaired) electrons. The first-order valence-electron chi connectivity index (χ1n) is 14.3. The molecule has 0 aliphatic rings. The van der Waals surface area contributed by atoms with E-state index in [2.05, 4.69) is 151 Å². The Morgan fingerprint density at radius 3 is 2.07 bits per heavy atom. The first-order chi connectivity index (χ1) is 20.7. The summed E-state index contributed by atoms with van der Waals surface area (Å²) in [5.74, 6) is 0. The van der Waals surface area contributed by atoms with Crippen molar-refractivity contribution < 1.29 is 0 Å². The third-order valence-corrected chi connectivity index (χ3v) is 8.15. The van der Waals surface area contributed by atoms with Gasteiger partial charge in [-0.3, -0.25) is 9.38 Å². The van der Waals surface area contributed by atoms with Gasteiger partial charge in [-0.2, -0.15) is 0 Å². The Morgan fingerprint density at radius 1 is 0.524 bits per heavy atom. The first kappa shape index (κ1) is 24.3. The fourth-order valence-corrected chi connectivity index (χ4v) is 5.98. The Balaban J connectivity index is 1.16. The number of fused-ring (bicyclic) bond motifs is 8. The molecule has 8 aromatic rings. The Hall–Kier alpha value is -5.54. The number of para-hydroxylation sites is 3. The van der Waals surface area contributed by atoms with Gasteiger partial charge in [-0.1, -0.05) is 109 Å². The second kappa shape index (κ2) is 9.83. The van der Waals surface area contributed by atoms with Crippen LogP contribution in [-0.2, 0) is 0 Å². The first-order valence-corrected chi connectivity index (χ1v) is 14.3. The summed E-state index contributed by atoms with van der Waals surface area (Å²) in [6, 6.07) is 47.1. The molecule has 0 aliphatic heterocycles. The number of hydrogen-bond donors (Lipinski definition) is 0. The highest BCUT2D eigenvalue weighted by Gasteiger charge is 2.14. The van der Waals surface area contributed by atoms with Crippen LogP contribution in [0.25, 0.3) is 72.9 Å². The van der Waals surface area contributed by atoms with Gasteiger partial charge >= 0.3 is 0 Å². The molecule has 0 spiro atoms. The van der Waals surface area contributed by atoms with Crippen LogP contribution in [0.4, 0.5) is 0 Å². The third kappa shape index (κ3) is 4.06. The van der Waals surface area contributed by atoms with Gasteiger partial charge in [0.25, 0.3) is 0 Å². The van der Waals surface area contributed by atoms with Gasteiger partial charge in [0.05, 0.1) is 22.2 Å². The minimum Gasteiger partial charge on any atom is -0.292 e. The number of imidazole rings is 1. The number of nitrogens with zero attached hydrogens (tertiary/aromatic N) is 3. The molecule has 0 fully saturated rings. The van der Waals surface area contributed by atoms with E-state index in [1.54, 1.807) is 0 Å². The number of hydrogen-bond acceptors (Lipinski definition) is 2. The molecule has 3 nitrogen and oxygen atoms in total. The smallest absolute Gasteiger partial charge is 0.146 e. The van der Waals surface area contributed by atoms with Gasteiger partial charge in [0.2, 0.25) is 0 Å². The van der Waals surface area contributed by atoms with Crippen LogP contribution in [0.3, 0.4) is 0 Å². The van der Waals surface area contributed by atoms with Crippen molar-refractivity contribution in [3.05, 3.63) is 150 Å². The summed E-state index contributed by atoms with van der Waals surface area (Å²) in [6.45, 7) is 2.07. The van der Waals surface area contributed by atoms with Gasteiger partial charge in [0.1, 0.15) is 5.65 Å². The maximum atomic E-state index is 5.03. The Kier molecular flexibility index (Phi) is 5.68. The monoisotopic (exact) mass is 537 g/mol. The third-order valence-electron chi connectivity index (χ3n) is 8.15. The molecule has 0 saturated heterocycles. The minimum atomic E-state index is 0.981. The lowest BCUT2D eigenvalue weighted by Crippen LogP contribution is -1.92. The molecule has 0 atom stereocenters. The summed E-state index contributed by atoms with van der Waals surface area (Å²) < 4.78 is 2.29. The van der Waals surface area contributed by atoms with Crippen molar-refractivity contribution in [2.24, 2.45) is 0 Å². The fourth-order valence-electron chi connectivity index (χ4n) is 5.98. The van der Waals surface area contributed by atoms with Crippen LogP contribution in [0, 0.1) is 6.92 Å². The second-order valence-corrected chi connectivity index (χ2v) is 10.7. The Bertz CT molecular complexity index is 2290. The van der Waals surface area contributed by atoms with Gasteiger partial charge in [0.15, 0.2) is 0 Å². The molecule has 3 heteroatoms. The maximum Gasteiger partial charge on any atom is 0.146 e. The van der Waals surface area contributed by atoms with Crippen LogP contribution in [0.5, 0.6) is 0 Å². The summed E-state index contributed by atoms with van der Waals surface area (Å²) in [7, 11) is 0. The molecular weight excluding hydrogens is 510 g/mol. The van der Waals surface area contributed by atoms with Crippen molar-refractivity contribution in [2.75, 3.05) is 0 Å².